The van der Waals surface area contributed by atoms with Crippen LogP contribution >= 0.6 is 22.9 Å². The SMILES string of the molecule is CCOC(=O)[C@@H](OC(C)(C)C)c1c(C)cc2nc(-c3cnc4c(c3)c(C3CCN(C5CN(C(=O)OC)C5)CC3)nn4C)sc2c1-c1ccc(Cl)cc1. The molecular formula is C39H45ClN6O5S. The van der Waals surface area contributed by atoms with Gasteiger partial charge in [0.1, 0.15) is 5.01 Å². The predicted octanol–water partition coefficient (Wildman–Crippen LogP) is 7.92. The van der Waals surface area contributed by atoms with Gasteiger partial charge in [0.05, 0.1) is 35.2 Å². The molecule has 11 nitrogen and oxygen atoms in total. The number of methoxy groups -OCH3 is 1. The van der Waals surface area contributed by atoms with Crippen LogP contribution in [-0.4, -0.2) is 93.1 Å². The van der Waals surface area contributed by atoms with Crippen molar-refractivity contribution >= 4 is 56.3 Å². The maximum atomic E-state index is 13.6. The lowest BCUT2D eigenvalue weighted by Gasteiger charge is -2.46. The van der Waals surface area contributed by atoms with Crippen LogP contribution in [0, 0.1) is 6.92 Å². The van der Waals surface area contributed by atoms with E-state index in [2.05, 4.69) is 11.0 Å². The number of hydrogen-bond donors (Lipinski definition) is 0. The average Bonchev–Trinajstić information content (AvgIpc) is 3.67. The smallest absolute Gasteiger partial charge is 0.409 e. The molecule has 5 aromatic rings. The number of benzene rings is 2. The number of pyridine rings is 1. The molecule has 0 bridgehead atoms. The number of esters is 1. The molecule has 0 aliphatic carbocycles. The summed E-state index contributed by atoms with van der Waals surface area (Å²) in [7, 11) is 3.38. The third-order valence-electron chi connectivity index (χ3n) is 9.98. The second-order valence-electron chi connectivity index (χ2n) is 14.7. The molecule has 2 aliphatic heterocycles. The number of amides is 1. The molecule has 5 heterocycles. The Bertz CT molecular complexity index is 2130. The summed E-state index contributed by atoms with van der Waals surface area (Å²) in [5.41, 5.74) is 6.44. The van der Waals surface area contributed by atoms with Crippen LogP contribution in [0.3, 0.4) is 0 Å². The highest BCUT2D eigenvalue weighted by Gasteiger charge is 2.38. The van der Waals surface area contributed by atoms with Gasteiger partial charge in [-0.15, -0.1) is 11.3 Å². The highest BCUT2D eigenvalue weighted by atomic mass is 35.5. The van der Waals surface area contributed by atoms with Crippen LogP contribution in [0.5, 0.6) is 0 Å². The molecule has 274 valence electrons. The second kappa shape index (κ2) is 14.4. The summed E-state index contributed by atoms with van der Waals surface area (Å²) in [6.07, 6.45) is 2.64. The summed E-state index contributed by atoms with van der Waals surface area (Å²) in [5, 5.41) is 7.47. The number of nitrogens with zero attached hydrogens (tertiary/aromatic N) is 6. The second-order valence-corrected chi connectivity index (χ2v) is 16.1. The predicted molar refractivity (Wildman–Crippen MR) is 204 cm³/mol. The van der Waals surface area contributed by atoms with Gasteiger partial charge in [-0.25, -0.2) is 19.6 Å². The number of halogens is 1. The Balaban J connectivity index is 1.26. The molecule has 1 amide bonds. The summed E-state index contributed by atoms with van der Waals surface area (Å²) in [6, 6.07) is 12.2. The highest BCUT2D eigenvalue weighted by molar-refractivity contribution is 7.22. The van der Waals surface area contributed by atoms with E-state index in [0.717, 1.165) is 85.7 Å². The van der Waals surface area contributed by atoms with Crippen molar-refractivity contribution in [2.45, 2.75) is 71.1 Å². The topological polar surface area (TPSA) is 112 Å². The number of likely N-dealkylation sites (tertiary alicyclic amines) is 2. The first-order chi connectivity index (χ1) is 24.8. The van der Waals surface area contributed by atoms with Gasteiger partial charge in [-0.1, -0.05) is 23.7 Å². The van der Waals surface area contributed by atoms with Crippen molar-refractivity contribution in [2.24, 2.45) is 7.05 Å². The van der Waals surface area contributed by atoms with Crippen molar-refractivity contribution < 1.29 is 23.8 Å². The molecule has 0 saturated carbocycles. The summed E-state index contributed by atoms with van der Waals surface area (Å²) in [5.74, 6) is -0.131. The maximum Gasteiger partial charge on any atom is 0.409 e. The normalized spacial score (nSPS) is 16.7. The molecular weight excluding hydrogens is 700 g/mol. The highest BCUT2D eigenvalue weighted by Crippen LogP contribution is 2.45. The molecule has 0 spiro atoms. The van der Waals surface area contributed by atoms with Crippen molar-refractivity contribution in [1.29, 1.82) is 0 Å². The molecule has 0 unspecified atom stereocenters. The first kappa shape index (κ1) is 36.3. The molecule has 7 rings (SSSR count). The number of rotatable bonds is 8. The van der Waals surface area contributed by atoms with Crippen molar-refractivity contribution in [1.82, 2.24) is 29.5 Å². The summed E-state index contributed by atoms with van der Waals surface area (Å²) in [4.78, 5) is 39.7. The maximum absolute atomic E-state index is 13.6. The lowest BCUT2D eigenvalue weighted by atomic mass is 9.90. The zero-order valence-electron chi connectivity index (χ0n) is 30.7. The standard InChI is InChI=1S/C39H45ClN6O5S/c1-8-50-37(47)33(51-39(3,4)5)30-22(2)17-29-34(31(30)23-9-11-26(40)12-10-23)52-36(42-29)25-18-28-32(43-44(6)35(28)41-19-25)24-13-15-45(16-14-24)27-20-46(21-27)38(48)49-7/h9-12,17-19,24,27,33H,8,13-16,20-21H2,1-7H3/t33-/m0/s1. The van der Waals surface area contributed by atoms with E-state index < -0.39 is 17.7 Å². The third-order valence-corrected chi connectivity index (χ3v) is 11.4. The lowest BCUT2D eigenvalue weighted by molar-refractivity contribution is -0.166. The molecule has 52 heavy (non-hydrogen) atoms. The Morgan fingerprint density at radius 3 is 2.44 bits per heavy atom. The van der Waals surface area contributed by atoms with E-state index in [1.807, 2.05) is 76.0 Å². The Morgan fingerprint density at radius 2 is 1.79 bits per heavy atom. The minimum absolute atomic E-state index is 0.242. The monoisotopic (exact) mass is 744 g/mol. The summed E-state index contributed by atoms with van der Waals surface area (Å²) < 4.78 is 19.7. The summed E-state index contributed by atoms with van der Waals surface area (Å²) in [6.45, 7) is 13.2. The van der Waals surface area contributed by atoms with Gasteiger partial charge < -0.3 is 19.1 Å². The fourth-order valence-electron chi connectivity index (χ4n) is 7.46. The van der Waals surface area contributed by atoms with Gasteiger partial charge in [0.15, 0.2) is 11.8 Å². The largest absolute Gasteiger partial charge is 0.464 e. The Morgan fingerprint density at radius 1 is 1.08 bits per heavy atom. The van der Waals surface area contributed by atoms with Crippen molar-refractivity contribution in [2.75, 3.05) is 39.9 Å². The number of carbonyl (C=O) groups is 2. The van der Waals surface area contributed by atoms with E-state index in [0.29, 0.717) is 30.1 Å². The van der Waals surface area contributed by atoms with Gasteiger partial charge in [-0.05, 0) is 95.9 Å². The quantitative estimate of drug-likeness (QED) is 0.146. The molecule has 0 N–H and O–H groups in total. The van der Waals surface area contributed by atoms with Gasteiger partial charge in [-0.2, -0.15) is 5.10 Å². The number of carbonyl (C=O) groups excluding carboxylic acids is 2. The van der Waals surface area contributed by atoms with Crippen LogP contribution in [0.25, 0.3) is 42.9 Å². The van der Waals surface area contributed by atoms with E-state index in [9.17, 15) is 9.59 Å². The van der Waals surface area contributed by atoms with Crippen molar-refractivity contribution in [3.8, 4) is 21.7 Å². The minimum atomic E-state index is -0.945. The van der Waals surface area contributed by atoms with E-state index in [1.54, 1.807) is 23.2 Å². The average molecular weight is 745 g/mol. The van der Waals surface area contributed by atoms with Crippen molar-refractivity contribution in [3.63, 3.8) is 0 Å². The molecule has 3 aromatic heterocycles. The first-order valence-electron chi connectivity index (χ1n) is 17.8. The van der Waals surface area contributed by atoms with E-state index >= 15 is 0 Å². The lowest BCUT2D eigenvalue weighted by Crippen LogP contribution is -2.62. The Hall–Kier alpha value is -4.10. The number of thiazole rings is 1. The number of ether oxygens (including phenoxy) is 3. The zero-order chi connectivity index (χ0) is 36.9. The Labute approximate surface area is 312 Å². The van der Waals surface area contributed by atoms with Gasteiger partial charge in [0, 0.05) is 65.4 Å². The molecule has 0 radical (unpaired) electrons. The molecule has 2 aliphatic rings. The number of aromatic nitrogens is 4. The number of piperidine rings is 1. The fraction of sp³-hybridized carbons (Fsp3) is 0.462. The Kier molecular flexibility index (Phi) is 10.0. The van der Waals surface area contributed by atoms with Gasteiger partial charge in [-0.3, -0.25) is 9.58 Å². The van der Waals surface area contributed by atoms with Gasteiger partial charge in [0.2, 0.25) is 0 Å². The van der Waals surface area contributed by atoms with Crippen molar-refractivity contribution in [3.05, 3.63) is 64.4 Å². The fourth-order valence-corrected chi connectivity index (χ4v) is 8.69. The number of hydrogen-bond acceptors (Lipinski definition) is 10. The van der Waals surface area contributed by atoms with E-state index in [4.69, 9.17) is 40.9 Å². The molecule has 2 aromatic carbocycles. The molecule has 2 fully saturated rings. The number of fused-ring (bicyclic) bond motifs is 2. The minimum Gasteiger partial charge on any atom is -0.464 e. The molecule has 1 atom stereocenters. The van der Waals surface area contributed by atoms with E-state index in [1.165, 1.54) is 7.11 Å². The number of aryl methyl sites for hydroxylation is 2. The summed E-state index contributed by atoms with van der Waals surface area (Å²) >= 11 is 7.91. The van der Waals surface area contributed by atoms with Crippen LogP contribution in [0.15, 0.2) is 42.6 Å². The zero-order valence-corrected chi connectivity index (χ0v) is 32.3. The van der Waals surface area contributed by atoms with E-state index in [-0.39, 0.29) is 12.7 Å². The van der Waals surface area contributed by atoms with Crippen LogP contribution in [0.4, 0.5) is 4.79 Å². The molecule has 2 saturated heterocycles. The third kappa shape index (κ3) is 7.01. The van der Waals surface area contributed by atoms with Crippen LogP contribution in [-0.2, 0) is 26.1 Å². The molecule has 13 heteroatoms. The first-order valence-corrected chi connectivity index (χ1v) is 19.0. The van der Waals surface area contributed by atoms with Crippen LogP contribution in [0.1, 0.15) is 69.4 Å². The van der Waals surface area contributed by atoms with Crippen LogP contribution in [0.2, 0.25) is 5.02 Å². The van der Waals surface area contributed by atoms with Crippen LogP contribution < -0.4 is 0 Å². The van der Waals surface area contributed by atoms with Gasteiger partial charge >= 0.3 is 12.1 Å². The van der Waals surface area contributed by atoms with Gasteiger partial charge in [0.25, 0.3) is 0 Å².